The average Bonchev–Trinajstić information content (AvgIpc) is 2.51. The third-order valence-corrected chi connectivity index (χ3v) is 3.28. The molecule has 2 nitrogen and oxygen atoms in total. The largest absolute Gasteiger partial charge is 0.316 e. The van der Waals surface area contributed by atoms with Crippen LogP contribution in [0.3, 0.4) is 0 Å². The molecular weight excluding hydrogens is 184 g/mol. The van der Waals surface area contributed by atoms with Crippen molar-refractivity contribution in [3.05, 3.63) is 0 Å². The van der Waals surface area contributed by atoms with E-state index in [0.29, 0.717) is 0 Å². The van der Waals surface area contributed by atoms with Gasteiger partial charge >= 0.3 is 0 Å². The highest BCUT2D eigenvalue weighted by Crippen LogP contribution is 2.17. The Hall–Kier alpha value is -0.0800. The molecule has 2 unspecified atom stereocenters. The van der Waals surface area contributed by atoms with Gasteiger partial charge in [-0.3, -0.25) is 0 Å². The quantitative estimate of drug-likeness (QED) is 0.727. The van der Waals surface area contributed by atoms with Crippen LogP contribution in [0.5, 0.6) is 0 Å². The van der Waals surface area contributed by atoms with E-state index in [2.05, 4.69) is 37.9 Å². The first-order valence-corrected chi connectivity index (χ1v) is 6.54. The molecule has 2 atom stereocenters. The summed E-state index contributed by atoms with van der Waals surface area (Å²) in [4.78, 5) is 2.64. The van der Waals surface area contributed by atoms with Crippen molar-refractivity contribution in [2.75, 3.05) is 26.2 Å². The lowest BCUT2D eigenvalue weighted by Crippen LogP contribution is -2.36. The Morgan fingerprint density at radius 2 is 2.00 bits per heavy atom. The Morgan fingerprint density at radius 3 is 2.53 bits per heavy atom. The Bertz CT molecular complexity index is 168. The molecule has 1 N–H and O–H groups in total. The van der Waals surface area contributed by atoms with Crippen molar-refractivity contribution in [2.24, 2.45) is 11.8 Å². The zero-order chi connectivity index (χ0) is 11.3. The molecule has 0 aromatic rings. The molecule has 0 bridgehead atoms. The molecule has 1 fully saturated rings. The van der Waals surface area contributed by atoms with E-state index in [4.69, 9.17) is 0 Å². The number of nitrogens with zero attached hydrogens (tertiary/aromatic N) is 1. The molecule has 15 heavy (non-hydrogen) atoms. The van der Waals surface area contributed by atoms with E-state index in [1.54, 1.807) is 0 Å². The predicted molar refractivity (Wildman–Crippen MR) is 67.1 cm³/mol. The fraction of sp³-hybridized carbons (Fsp3) is 1.00. The fourth-order valence-corrected chi connectivity index (χ4v) is 2.35. The predicted octanol–water partition coefficient (Wildman–Crippen LogP) is 2.35. The summed E-state index contributed by atoms with van der Waals surface area (Å²) in [6.07, 6.45) is 2.79. The lowest BCUT2D eigenvalue weighted by molar-refractivity contribution is 0.228. The zero-order valence-electron chi connectivity index (χ0n) is 10.9. The summed E-state index contributed by atoms with van der Waals surface area (Å²) in [5, 5.41) is 3.55. The molecule has 1 heterocycles. The SMILES string of the molecule is CC(C)CNCC(C)CN1CCCC1C. The van der Waals surface area contributed by atoms with Crippen LogP contribution in [0, 0.1) is 11.8 Å². The number of likely N-dealkylation sites (tertiary alicyclic amines) is 1. The normalized spacial score (nSPS) is 25.0. The van der Waals surface area contributed by atoms with Crippen LogP contribution in [-0.4, -0.2) is 37.1 Å². The molecule has 1 aliphatic heterocycles. The zero-order valence-corrected chi connectivity index (χ0v) is 10.9. The van der Waals surface area contributed by atoms with E-state index in [1.165, 1.54) is 32.5 Å². The van der Waals surface area contributed by atoms with Crippen molar-refractivity contribution >= 4 is 0 Å². The number of hydrogen-bond donors (Lipinski definition) is 1. The number of nitrogens with one attached hydrogen (secondary N) is 1. The lowest BCUT2D eigenvalue weighted by Gasteiger charge is -2.25. The Kier molecular flexibility index (Phi) is 5.62. The molecule has 1 saturated heterocycles. The molecule has 0 amide bonds. The standard InChI is InChI=1S/C13H28N2/c1-11(2)8-14-9-12(3)10-15-7-5-6-13(15)4/h11-14H,5-10H2,1-4H3. The highest BCUT2D eigenvalue weighted by atomic mass is 15.2. The highest BCUT2D eigenvalue weighted by molar-refractivity contribution is 4.77. The summed E-state index contributed by atoms with van der Waals surface area (Å²) >= 11 is 0. The van der Waals surface area contributed by atoms with Crippen LogP contribution in [0.2, 0.25) is 0 Å². The van der Waals surface area contributed by atoms with Crippen molar-refractivity contribution in [1.29, 1.82) is 0 Å². The van der Waals surface area contributed by atoms with E-state index in [1.807, 2.05) is 0 Å². The smallest absolute Gasteiger partial charge is 0.00675 e. The van der Waals surface area contributed by atoms with Crippen LogP contribution in [-0.2, 0) is 0 Å². The van der Waals surface area contributed by atoms with E-state index in [-0.39, 0.29) is 0 Å². The van der Waals surface area contributed by atoms with E-state index >= 15 is 0 Å². The fourth-order valence-electron chi connectivity index (χ4n) is 2.35. The van der Waals surface area contributed by atoms with Crippen LogP contribution in [0.25, 0.3) is 0 Å². The summed E-state index contributed by atoms with van der Waals surface area (Å²) in [7, 11) is 0. The molecule has 1 aliphatic rings. The van der Waals surface area contributed by atoms with Crippen molar-refractivity contribution in [1.82, 2.24) is 10.2 Å². The molecule has 0 aliphatic carbocycles. The van der Waals surface area contributed by atoms with Gasteiger partial charge in [-0.05, 0) is 51.2 Å². The highest BCUT2D eigenvalue weighted by Gasteiger charge is 2.21. The second kappa shape index (κ2) is 6.49. The summed E-state index contributed by atoms with van der Waals surface area (Å²) in [6, 6.07) is 0.817. The average molecular weight is 212 g/mol. The van der Waals surface area contributed by atoms with Gasteiger partial charge in [0.2, 0.25) is 0 Å². The van der Waals surface area contributed by atoms with Gasteiger partial charge in [-0.1, -0.05) is 20.8 Å². The molecule has 2 heteroatoms. The van der Waals surface area contributed by atoms with E-state index in [0.717, 1.165) is 24.4 Å². The minimum atomic E-state index is 0.767. The summed E-state index contributed by atoms with van der Waals surface area (Å²) in [5.74, 6) is 1.55. The van der Waals surface area contributed by atoms with Crippen LogP contribution < -0.4 is 5.32 Å². The maximum absolute atomic E-state index is 3.55. The van der Waals surface area contributed by atoms with Crippen molar-refractivity contribution in [2.45, 2.75) is 46.6 Å². The van der Waals surface area contributed by atoms with Crippen molar-refractivity contribution in [3.8, 4) is 0 Å². The van der Waals surface area contributed by atoms with Crippen molar-refractivity contribution < 1.29 is 0 Å². The second-order valence-corrected chi connectivity index (χ2v) is 5.64. The van der Waals surface area contributed by atoms with Gasteiger partial charge in [-0.25, -0.2) is 0 Å². The second-order valence-electron chi connectivity index (χ2n) is 5.64. The van der Waals surface area contributed by atoms with Gasteiger partial charge in [-0.2, -0.15) is 0 Å². The molecule has 0 spiro atoms. The summed E-state index contributed by atoms with van der Waals surface area (Å²) < 4.78 is 0. The molecule has 0 saturated carbocycles. The van der Waals surface area contributed by atoms with Gasteiger partial charge in [0.05, 0.1) is 0 Å². The molecule has 90 valence electrons. The Balaban J connectivity index is 2.09. The number of hydrogen-bond acceptors (Lipinski definition) is 2. The summed E-state index contributed by atoms with van der Waals surface area (Å²) in [5.41, 5.74) is 0. The molecule has 0 radical (unpaired) electrons. The van der Waals surface area contributed by atoms with Gasteiger partial charge in [0.15, 0.2) is 0 Å². The van der Waals surface area contributed by atoms with Crippen LogP contribution in [0.4, 0.5) is 0 Å². The summed E-state index contributed by atoms with van der Waals surface area (Å²) in [6.45, 7) is 14.2. The van der Waals surface area contributed by atoms with Crippen molar-refractivity contribution in [3.63, 3.8) is 0 Å². The third-order valence-electron chi connectivity index (χ3n) is 3.28. The maximum atomic E-state index is 3.55. The first-order valence-electron chi connectivity index (χ1n) is 6.54. The van der Waals surface area contributed by atoms with Gasteiger partial charge in [0.25, 0.3) is 0 Å². The number of rotatable bonds is 6. The minimum absolute atomic E-state index is 0.767. The van der Waals surface area contributed by atoms with Crippen LogP contribution in [0.1, 0.15) is 40.5 Å². The van der Waals surface area contributed by atoms with Crippen LogP contribution >= 0.6 is 0 Å². The Labute approximate surface area is 95.4 Å². The molecule has 1 rings (SSSR count). The van der Waals surface area contributed by atoms with Gasteiger partial charge in [-0.15, -0.1) is 0 Å². The van der Waals surface area contributed by atoms with E-state index < -0.39 is 0 Å². The monoisotopic (exact) mass is 212 g/mol. The first-order chi connectivity index (χ1) is 7.09. The lowest BCUT2D eigenvalue weighted by atomic mass is 10.1. The third kappa shape index (κ3) is 4.98. The van der Waals surface area contributed by atoms with Crippen LogP contribution in [0.15, 0.2) is 0 Å². The molecule has 0 aromatic heterocycles. The maximum Gasteiger partial charge on any atom is 0.00675 e. The van der Waals surface area contributed by atoms with Gasteiger partial charge in [0.1, 0.15) is 0 Å². The molecular formula is C13H28N2. The topological polar surface area (TPSA) is 15.3 Å². The van der Waals surface area contributed by atoms with E-state index in [9.17, 15) is 0 Å². The minimum Gasteiger partial charge on any atom is -0.316 e. The molecule has 0 aromatic carbocycles. The van der Waals surface area contributed by atoms with Gasteiger partial charge in [0, 0.05) is 12.6 Å². The Morgan fingerprint density at radius 1 is 1.27 bits per heavy atom. The first kappa shape index (κ1) is 13.0. The van der Waals surface area contributed by atoms with Gasteiger partial charge < -0.3 is 10.2 Å².